The smallest absolute Gasteiger partial charge is 0.137 e. The van der Waals surface area contributed by atoms with Crippen LogP contribution in [0.25, 0.3) is 0 Å². The monoisotopic (exact) mass is 286 g/mol. The predicted octanol–water partition coefficient (Wildman–Crippen LogP) is 5.03. The zero-order valence-electron chi connectivity index (χ0n) is 11.0. The highest BCUT2D eigenvalue weighted by molar-refractivity contribution is 6.34. The second-order valence-corrected chi connectivity index (χ2v) is 5.85. The average molecular weight is 287 g/mol. The maximum atomic E-state index is 6.19. The van der Waals surface area contributed by atoms with Crippen molar-refractivity contribution in [3.05, 3.63) is 21.7 Å². The van der Waals surface area contributed by atoms with E-state index >= 15 is 0 Å². The molecule has 2 unspecified atom stereocenters. The Bertz CT molecular complexity index is 397. The van der Waals surface area contributed by atoms with Gasteiger partial charge in [-0.3, -0.25) is 0 Å². The largest absolute Gasteiger partial charge is 0.221 e. The Hall–Kier alpha value is -0.340. The van der Waals surface area contributed by atoms with Crippen LogP contribution in [0.3, 0.4) is 0 Å². The summed E-state index contributed by atoms with van der Waals surface area (Å²) in [7, 11) is 0. The molecule has 1 heterocycles. The van der Waals surface area contributed by atoms with Gasteiger partial charge in [-0.2, -0.15) is 0 Å². The van der Waals surface area contributed by atoms with E-state index in [0.717, 1.165) is 30.1 Å². The lowest BCUT2D eigenvalue weighted by molar-refractivity contribution is 0.307. The lowest BCUT2D eigenvalue weighted by Crippen LogP contribution is -2.16. The zero-order chi connectivity index (χ0) is 13.1. The molecular formula is C14H20Cl2N2. The number of nitrogens with zero attached hydrogens (tertiary/aromatic N) is 2. The summed E-state index contributed by atoms with van der Waals surface area (Å²) >= 11 is 12.4. The van der Waals surface area contributed by atoms with Crippen molar-refractivity contribution < 1.29 is 0 Å². The molecule has 2 rings (SSSR count). The highest BCUT2D eigenvalue weighted by atomic mass is 35.5. The van der Waals surface area contributed by atoms with E-state index in [9.17, 15) is 0 Å². The molecule has 1 fully saturated rings. The molecule has 0 bridgehead atoms. The maximum Gasteiger partial charge on any atom is 0.137 e. The fourth-order valence-corrected chi connectivity index (χ4v) is 3.48. The zero-order valence-corrected chi connectivity index (χ0v) is 12.6. The van der Waals surface area contributed by atoms with Gasteiger partial charge in [0.15, 0.2) is 0 Å². The minimum atomic E-state index is 0.435. The molecule has 1 aromatic rings. The molecule has 1 aromatic heterocycles. The summed E-state index contributed by atoms with van der Waals surface area (Å²) < 4.78 is 0. The molecule has 1 aliphatic rings. The normalized spacial score (nSPS) is 24.2. The van der Waals surface area contributed by atoms with Gasteiger partial charge < -0.3 is 0 Å². The quantitative estimate of drug-likeness (QED) is 0.729. The molecule has 18 heavy (non-hydrogen) atoms. The van der Waals surface area contributed by atoms with Crippen molar-refractivity contribution >= 4 is 23.2 Å². The number of hydrogen-bond donors (Lipinski definition) is 0. The van der Waals surface area contributed by atoms with Gasteiger partial charge in [-0.1, -0.05) is 56.3 Å². The van der Waals surface area contributed by atoms with E-state index in [1.807, 2.05) is 6.92 Å². The van der Waals surface area contributed by atoms with Crippen LogP contribution in [0.5, 0.6) is 0 Å². The van der Waals surface area contributed by atoms with Gasteiger partial charge in [-0.05, 0) is 25.2 Å². The van der Waals surface area contributed by atoms with Crippen molar-refractivity contribution in [2.24, 2.45) is 5.92 Å². The molecule has 2 nitrogen and oxygen atoms in total. The Morgan fingerprint density at radius 1 is 1.11 bits per heavy atom. The molecule has 100 valence electrons. The summed E-state index contributed by atoms with van der Waals surface area (Å²) in [6.45, 7) is 4.28. The predicted molar refractivity (Wildman–Crippen MR) is 76.4 cm³/mol. The van der Waals surface area contributed by atoms with E-state index in [-0.39, 0.29) is 0 Å². The first kappa shape index (κ1) is 14.1. The third-order valence-corrected chi connectivity index (χ3v) is 4.63. The SMILES string of the molecule is CCc1c(Cl)nc(C2CCCC(CC)C2)nc1Cl. The third-order valence-electron chi connectivity index (χ3n) is 4.00. The highest BCUT2D eigenvalue weighted by Crippen LogP contribution is 2.37. The van der Waals surface area contributed by atoms with E-state index in [1.165, 1.54) is 25.7 Å². The lowest BCUT2D eigenvalue weighted by Gasteiger charge is -2.27. The van der Waals surface area contributed by atoms with Gasteiger partial charge in [0.1, 0.15) is 16.1 Å². The van der Waals surface area contributed by atoms with Gasteiger partial charge in [0.2, 0.25) is 0 Å². The molecule has 0 aromatic carbocycles. The molecule has 1 aliphatic carbocycles. The van der Waals surface area contributed by atoms with Crippen molar-refractivity contribution in [2.45, 2.75) is 58.3 Å². The minimum absolute atomic E-state index is 0.435. The molecule has 1 saturated carbocycles. The highest BCUT2D eigenvalue weighted by Gasteiger charge is 2.25. The Balaban J connectivity index is 2.23. The van der Waals surface area contributed by atoms with Crippen LogP contribution >= 0.6 is 23.2 Å². The summed E-state index contributed by atoms with van der Waals surface area (Å²) in [5, 5.41) is 1.07. The lowest BCUT2D eigenvalue weighted by atomic mass is 9.80. The molecule has 4 heteroatoms. The minimum Gasteiger partial charge on any atom is -0.221 e. The Kier molecular flexibility index (Phi) is 4.85. The number of hydrogen-bond acceptors (Lipinski definition) is 2. The Morgan fingerprint density at radius 3 is 2.33 bits per heavy atom. The summed E-state index contributed by atoms with van der Waals surface area (Å²) in [5.41, 5.74) is 0.866. The first-order chi connectivity index (χ1) is 8.65. The topological polar surface area (TPSA) is 25.8 Å². The molecule has 2 atom stereocenters. The van der Waals surface area contributed by atoms with Gasteiger partial charge in [-0.15, -0.1) is 0 Å². The van der Waals surface area contributed by atoms with Crippen LogP contribution in [0.4, 0.5) is 0 Å². The Morgan fingerprint density at radius 2 is 1.78 bits per heavy atom. The molecule has 0 aliphatic heterocycles. The van der Waals surface area contributed by atoms with Crippen LogP contribution in [0.15, 0.2) is 0 Å². The van der Waals surface area contributed by atoms with E-state index in [0.29, 0.717) is 16.2 Å². The van der Waals surface area contributed by atoms with Crippen molar-refractivity contribution in [1.82, 2.24) is 9.97 Å². The number of rotatable bonds is 3. The first-order valence-electron chi connectivity index (χ1n) is 6.87. The standard InChI is InChI=1S/C14H20Cl2N2/c1-3-9-6-5-7-10(8-9)14-17-12(15)11(4-2)13(16)18-14/h9-10H,3-8H2,1-2H3. The van der Waals surface area contributed by atoms with Crippen molar-refractivity contribution in [2.75, 3.05) is 0 Å². The molecule has 0 radical (unpaired) electrons. The molecule has 0 spiro atoms. The fraction of sp³-hybridized carbons (Fsp3) is 0.714. The molecule has 0 amide bonds. The van der Waals surface area contributed by atoms with E-state index in [2.05, 4.69) is 16.9 Å². The fourth-order valence-electron chi connectivity index (χ4n) is 2.82. The van der Waals surface area contributed by atoms with E-state index in [4.69, 9.17) is 23.2 Å². The summed E-state index contributed by atoms with van der Waals surface area (Å²) in [6.07, 6.45) is 6.95. The van der Waals surface area contributed by atoms with Crippen LogP contribution in [0.1, 0.15) is 63.3 Å². The van der Waals surface area contributed by atoms with Gasteiger partial charge in [-0.25, -0.2) is 9.97 Å². The Labute approximate surface area is 119 Å². The van der Waals surface area contributed by atoms with Crippen molar-refractivity contribution in [3.8, 4) is 0 Å². The van der Waals surface area contributed by atoms with E-state index in [1.54, 1.807) is 0 Å². The number of halogens is 2. The van der Waals surface area contributed by atoms with Gasteiger partial charge in [0.25, 0.3) is 0 Å². The van der Waals surface area contributed by atoms with Crippen LogP contribution in [0, 0.1) is 5.92 Å². The van der Waals surface area contributed by atoms with Crippen molar-refractivity contribution in [1.29, 1.82) is 0 Å². The van der Waals surface area contributed by atoms with Crippen molar-refractivity contribution in [3.63, 3.8) is 0 Å². The van der Waals surface area contributed by atoms with Crippen LogP contribution < -0.4 is 0 Å². The van der Waals surface area contributed by atoms with Crippen LogP contribution in [0.2, 0.25) is 10.3 Å². The second kappa shape index (κ2) is 6.21. The maximum absolute atomic E-state index is 6.19. The average Bonchev–Trinajstić information content (AvgIpc) is 2.38. The molecule has 0 saturated heterocycles. The summed E-state index contributed by atoms with van der Waals surface area (Å²) in [5.74, 6) is 2.08. The molecular weight excluding hydrogens is 267 g/mol. The molecule has 0 N–H and O–H groups in total. The first-order valence-corrected chi connectivity index (χ1v) is 7.63. The third kappa shape index (κ3) is 2.97. The number of aromatic nitrogens is 2. The van der Waals surface area contributed by atoms with E-state index < -0.39 is 0 Å². The summed E-state index contributed by atoms with van der Waals surface area (Å²) in [4.78, 5) is 8.93. The van der Waals surface area contributed by atoms with Crippen LogP contribution in [-0.4, -0.2) is 9.97 Å². The van der Waals surface area contributed by atoms with Gasteiger partial charge in [0, 0.05) is 11.5 Å². The van der Waals surface area contributed by atoms with Gasteiger partial charge in [0.05, 0.1) is 0 Å². The van der Waals surface area contributed by atoms with Crippen LogP contribution in [-0.2, 0) is 6.42 Å². The summed E-state index contributed by atoms with van der Waals surface area (Å²) in [6, 6.07) is 0. The van der Waals surface area contributed by atoms with Gasteiger partial charge >= 0.3 is 0 Å². The second-order valence-electron chi connectivity index (χ2n) is 5.13.